The summed E-state index contributed by atoms with van der Waals surface area (Å²) in [6, 6.07) is 10.3. The van der Waals surface area contributed by atoms with Crippen LogP contribution in [0.4, 0.5) is 11.4 Å². The molecule has 5 nitrogen and oxygen atoms in total. The zero-order chi connectivity index (χ0) is 16.1. The molecule has 116 valence electrons. The summed E-state index contributed by atoms with van der Waals surface area (Å²) in [4.78, 5) is 10.5. The Kier molecular flexibility index (Phi) is 5.22. The fourth-order valence-electron chi connectivity index (χ4n) is 1.97. The number of rotatable bonds is 6. The van der Waals surface area contributed by atoms with E-state index < -0.39 is 4.92 Å². The van der Waals surface area contributed by atoms with E-state index in [1.165, 1.54) is 23.8 Å². The van der Waals surface area contributed by atoms with Gasteiger partial charge in [0, 0.05) is 17.6 Å². The molecule has 2 aromatic carbocycles. The van der Waals surface area contributed by atoms with Gasteiger partial charge in [0.05, 0.1) is 4.92 Å². The number of nitrogens with zero attached hydrogens (tertiary/aromatic N) is 1. The van der Waals surface area contributed by atoms with E-state index in [4.69, 9.17) is 16.3 Å². The maximum Gasteiger partial charge on any atom is 0.292 e. The Morgan fingerprint density at radius 1 is 1.18 bits per heavy atom. The van der Waals surface area contributed by atoms with Crippen LogP contribution in [-0.4, -0.2) is 18.1 Å². The summed E-state index contributed by atoms with van der Waals surface area (Å²) in [6.45, 7) is 4.90. The van der Waals surface area contributed by atoms with Crippen LogP contribution in [-0.2, 0) is 0 Å². The van der Waals surface area contributed by atoms with Crippen molar-refractivity contribution in [2.45, 2.75) is 13.8 Å². The Hall–Kier alpha value is -2.27. The number of hydrogen-bond acceptors (Lipinski definition) is 4. The van der Waals surface area contributed by atoms with Crippen LogP contribution in [0.25, 0.3) is 0 Å². The van der Waals surface area contributed by atoms with E-state index >= 15 is 0 Å². The van der Waals surface area contributed by atoms with Gasteiger partial charge >= 0.3 is 0 Å². The van der Waals surface area contributed by atoms with Gasteiger partial charge in [0.15, 0.2) is 0 Å². The van der Waals surface area contributed by atoms with Crippen molar-refractivity contribution in [3.8, 4) is 5.75 Å². The van der Waals surface area contributed by atoms with Crippen LogP contribution < -0.4 is 10.1 Å². The minimum absolute atomic E-state index is 0.00409. The number of ether oxygens (including phenoxy) is 1. The molecule has 0 aliphatic rings. The fraction of sp³-hybridized carbons (Fsp3) is 0.250. The van der Waals surface area contributed by atoms with Crippen LogP contribution >= 0.6 is 11.6 Å². The van der Waals surface area contributed by atoms with Gasteiger partial charge in [-0.1, -0.05) is 17.7 Å². The lowest BCUT2D eigenvalue weighted by molar-refractivity contribution is -0.384. The van der Waals surface area contributed by atoms with Gasteiger partial charge < -0.3 is 10.1 Å². The van der Waals surface area contributed by atoms with E-state index in [1.54, 1.807) is 0 Å². The SMILES string of the molecule is Cc1ccc(OCCNc2cc(Cl)ccc2[N+](=O)[O-])cc1C. The van der Waals surface area contributed by atoms with Crippen LogP contribution in [0, 0.1) is 24.0 Å². The second-order valence-corrected chi connectivity index (χ2v) is 5.38. The maximum atomic E-state index is 10.9. The third-order valence-corrected chi connectivity index (χ3v) is 3.56. The van der Waals surface area contributed by atoms with Crippen LogP contribution in [0.5, 0.6) is 5.75 Å². The lowest BCUT2D eigenvalue weighted by atomic mass is 10.1. The van der Waals surface area contributed by atoms with Crippen molar-refractivity contribution < 1.29 is 9.66 Å². The molecule has 0 spiro atoms. The molecule has 0 amide bonds. The minimum atomic E-state index is -0.442. The second kappa shape index (κ2) is 7.13. The molecule has 2 aromatic rings. The summed E-state index contributed by atoms with van der Waals surface area (Å²) in [7, 11) is 0. The maximum absolute atomic E-state index is 10.9. The zero-order valence-electron chi connectivity index (χ0n) is 12.4. The second-order valence-electron chi connectivity index (χ2n) is 4.94. The van der Waals surface area contributed by atoms with Crippen molar-refractivity contribution >= 4 is 23.0 Å². The largest absolute Gasteiger partial charge is 0.492 e. The molecule has 22 heavy (non-hydrogen) atoms. The molecule has 0 aliphatic heterocycles. The molecule has 1 N–H and O–H groups in total. The van der Waals surface area contributed by atoms with E-state index in [1.807, 2.05) is 32.0 Å². The zero-order valence-corrected chi connectivity index (χ0v) is 13.2. The van der Waals surface area contributed by atoms with Crippen molar-refractivity contribution in [1.29, 1.82) is 0 Å². The first-order valence-corrected chi connectivity index (χ1v) is 7.23. The molecule has 0 atom stereocenters. The molecular formula is C16H17ClN2O3. The highest BCUT2D eigenvalue weighted by Gasteiger charge is 2.13. The normalized spacial score (nSPS) is 10.3. The van der Waals surface area contributed by atoms with Crippen LogP contribution in [0.2, 0.25) is 5.02 Å². The van der Waals surface area contributed by atoms with Gasteiger partial charge in [0.25, 0.3) is 5.69 Å². The molecule has 0 saturated carbocycles. The summed E-state index contributed by atoms with van der Waals surface area (Å²) in [5, 5.41) is 14.4. The Morgan fingerprint density at radius 3 is 2.64 bits per heavy atom. The molecule has 0 aliphatic carbocycles. The Balaban J connectivity index is 1.92. The smallest absolute Gasteiger partial charge is 0.292 e. The predicted octanol–water partition coefficient (Wildman–Crippen LogP) is 4.36. The van der Waals surface area contributed by atoms with Crippen molar-refractivity contribution in [3.63, 3.8) is 0 Å². The van der Waals surface area contributed by atoms with Crippen LogP contribution in [0.15, 0.2) is 36.4 Å². The lowest BCUT2D eigenvalue weighted by Gasteiger charge is -2.10. The van der Waals surface area contributed by atoms with Crippen molar-refractivity contribution in [2.24, 2.45) is 0 Å². The predicted molar refractivity (Wildman–Crippen MR) is 88.0 cm³/mol. The number of nitro groups is 1. The summed E-state index contributed by atoms with van der Waals surface area (Å²) in [6.07, 6.45) is 0. The van der Waals surface area contributed by atoms with Crippen molar-refractivity contribution in [2.75, 3.05) is 18.5 Å². The molecule has 0 saturated heterocycles. The monoisotopic (exact) mass is 320 g/mol. The summed E-state index contributed by atoms with van der Waals surface area (Å²) in [5.74, 6) is 0.783. The van der Waals surface area contributed by atoms with E-state index in [2.05, 4.69) is 5.32 Å². The molecule has 0 radical (unpaired) electrons. The molecule has 6 heteroatoms. The summed E-state index contributed by atoms with van der Waals surface area (Å²) < 4.78 is 5.63. The Labute approximate surface area is 134 Å². The van der Waals surface area contributed by atoms with Gasteiger partial charge in [-0.15, -0.1) is 0 Å². The average molecular weight is 321 g/mol. The molecular weight excluding hydrogens is 304 g/mol. The third kappa shape index (κ3) is 4.11. The first-order valence-electron chi connectivity index (χ1n) is 6.85. The third-order valence-electron chi connectivity index (χ3n) is 3.32. The van der Waals surface area contributed by atoms with E-state index in [9.17, 15) is 10.1 Å². The van der Waals surface area contributed by atoms with Gasteiger partial charge in [0.1, 0.15) is 18.0 Å². The number of halogens is 1. The number of hydrogen-bond donors (Lipinski definition) is 1. The first kappa shape index (κ1) is 16.1. The van der Waals surface area contributed by atoms with Crippen LogP contribution in [0.1, 0.15) is 11.1 Å². The van der Waals surface area contributed by atoms with Gasteiger partial charge in [0.2, 0.25) is 0 Å². The van der Waals surface area contributed by atoms with E-state index in [0.717, 1.165) is 11.3 Å². The summed E-state index contributed by atoms with van der Waals surface area (Å²) in [5.41, 5.74) is 2.76. The van der Waals surface area contributed by atoms with E-state index in [0.29, 0.717) is 23.9 Å². The van der Waals surface area contributed by atoms with Crippen molar-refractivity contribution in [1.82, 2.24) is 0 Å². The molecule has 0 bridgehead atoms. The van der Waals surface area contributed by atoms with Gasteiger partial charge in [-0.3, -0.25) is 10.1 Å². The standard InChI is InChI=1S/C16H17ClN2O3/c1-11-3-5-14(9-12(11)2)22-8-7-18-15-10-13(17)4-6-16(15)19(20)21/h3-6,9-10,18H,7-8H2,1-2H3. The quantitative estimate of drug-likeness (QED) is 0.488. The number of nitro benzene ring substituents is 1. The molecule has 0 fully saturated rings. The highest BCUT2D eigenvalue weighted by Crippen LogP contribution is 2.27. The summed E-state index contributed by atoms with van der Waals surface area (Å²) >= 11 is 5.87. The topological polar surface area (TPSA) is 64.4 Å². The average Bonchev–Trinajstić information content (AvgIpc) is 2.47. The molecule has 0 aromatic heterocycles. The Bertz CT molecular complexity index is 689. The van der Waals surface area contributed by atoms with Gasteiger partial charge in [-0.2, -0.15) is 0 Å². The van der Waals surface area contributed by atoms with Gasteiger partial charge in [-0.05, 0) is 49.2 Å². The lowest BCUT2D eigenvalue weighted by Crippen LogP contribution is -2.12. The number of aryl methyl sites for hydroxylation is 2. The Morgan fingerprint density at radius 2 is 1.95 bits per heavy atom. The van der Waals surface area contributed by atoms with Crippen molar-refractivity contribution in [3.05, 3.63) is 62.7 Å². The molecule has 0 heterocycles. The number of nitrogens with one attached hydrogen (secondary N) is 1. The number of benzene rings is 2. The highest BCUT2D eigenvalue weighted by molar-refractivity contribution is 6.31. The highest BCUT2D eigenvalue weighted by atomic mass is 35.5. The molecule has 2 rings (SSSR count). The fourth-order valence-corrected chi connectivity index (χ4v) is 2.14. The van der Waals surface area contributed by atoms with Crippen LogP contribution in [0.3, 0.4) is 0 Å². The van der Waals surface area contributed by atoms with Gasteiger partial charge in [-0.25, -0.2) is 0 Å². The first-order chi connectivity index (χ1) is 10.5. The number of anilines is 1. The van der Waals surface area contributed by atoms with E-state index in [-0.39, 0.29) is 5.69 Å². The molecule has 0 unspecified atom stereocenters. The minimum Gasteiger partial charge on any atom is -0.492 e.